The third-order valence-electron chi connectivity index (χ3n) is 3.48. The second-order valence-electron chi connectivity index (χ2n) is 5.04. The minimum absolute atomic E-state index is 0.116. The third kappa shape index (κ3) is 4.18. The molecule has 2 rings (SSSR count). The van der Waals surface area contributed by atoms with Gasteiger partial charge in [-0.3, -0.25) is 0 Å². The Morgan fingerprint density at radius 1 is 1.30 bits per heavy atom. The summed E-state index contributed by atoms with van der Waals surface area (Å²) in [7, 11) is 0. The zero-order valence-electron chi connectivity index (χ0n) is 11.7. The second kappa shape index (κ2) is 7.59. The summed E-state index contributed by atoms with van der Waals surface area (Å²) in [6, 6.07) is 0.414. The number of aliphatic hydroxyl groups is 1. The van der Waals surface area contributed by atoms with E-state index in [0.29, 0.717) is 12.6 Å². The Kier molecular flexibility index (Phi) is 5.79. The number of aliphatic hydroxyl groups excluding tert-OH is 1. The lowest BCUT2D eigenvalue weighted by Gasteiger charge is -2.30. The van der Waals surface area contributed by atoms with Crippen molar-refractivity contribution in [2.24, 2.45) is 5.92 Å². The number of hydrogen-bond donors (Lipinski definition) is 2. The SMILES string of the molecule is CCCOc1nc(Cl)nc(NC2CCCCC2CO)n1. The summed E-state index contributed by atoms with van der Waals surface area (Å²) in [6.45, 7) is 2.73. The molecule has 7 heteroatoms. The van der Waals surface area contributed by atoms with Crippen LogP contribution in [-0.2, 0) is 0 Å². The normalized spacial score (nSPS) is 22.6. The van der Waals surface area contributed by atoms with E-state index in [-0.39, 0.29) is 29.9 Å². The van der Waals surface area contributed by atoms with Crippen molar-refractivity contribution in [1.82, 2.24) is 15.0 Å². The molecule has 1 aromatic heterocycles. The fraction of sp³-hybridized carbons (Fsp3) is 0.769. The highest BCUT2D eigenvalue weighted by atomic mass is 35.5. The third-order valence-corrected chi connectivity index (χ3v) is 3.65. The van der Waals surface area contributed by atoms with Gasteiger partial charge in [-0.15, -0.1) is 0 Å². The van der Waals surface area contributed by atoms with Crippen LogP contribution in [-0.4, -0.2) is 39.3 Å². The average Bonchev–Trinajstić information content (AvgIpc) is 2.45. The van der Waals surface area contributed by atoms with Gasteiger partial charge in [0.25, 0.3) is 0 Å². The first-order valence-corrected chi connectivity index (χ1v) is 7.52. The lowest BCUT2D eigenvalue weighted by molar-refractivity contribution is 0.177. The highest BCUT2D eigenvalue weighted by Gasteiger charge is 2.25. The van der Waals surface area contributed by atoms with Crippen molar-refractivity contribution in [2.75, 3.05) is 18.5 Å². The van der Waals surface area contributed by atoms with Gasteiger partial charge < -0.3 is 15.2 Å². The molecule has 0 aliphatic heterocycles. The first kappa shape index (κ1) is 15.3. The van der Waals surface area contributed by atoms with Gasteiger partial charge in [-0.05, 0) is 30.9 Å². The summed E-state index contributed by atoms with van der Waals surface area (Å²) >= 11 is 5.89. The van der Waals surface area contributed by atoms with Crippen LogP contribution in [0.25, 0.3) is 0 Å². The maximum Gasteiger partial charge on any atom is 0.322 e. The summed E-state index contributed by atoms with van der Waals surface area (Å²) < 4.78 is 5.38. The van der Waals surface area contributed by atoms with E-state index in [1.54, 1.807) is 0 Å². The fourth-order valence-electron chi connectivity index (χ4n) is 2.44. The standard InChI is InChI=1S/C13H21ClN4O2/c1-2-7-20-13-17-11(14)16-12(18-13)15-10-6-4-3-5-9(10)8-19/h9-10,19H,2-8H2,1H3,(H,15,16,17,18). The van der Waals surface area contributed by atoms with E-state index in [4.69, 9.17) is 16.3 Å². The molecule has 0 spiro atoms. The van der Waals surface area contributed by atoms with Gasteiger partial charge in [0.2, 0.25) is 11.2 Å². The van der Waals surface area contributed by atoms with E-state index in [2.05, 4.69) is 20.3 Å². The van der Waals surface area contributed by atoms with Crippen molar-refractivity contribution >= 4 is 17.5 Å². The van der Waals surface area contributed by atoms with Crippen LogP contribution in [0.5, 0.6) is 6.01 Å². The first-order valence-electron chi connectivity index (χ1n) is 7.14. The lowest BCUT2D eigenvalue weighted by atomic mass is 9.85. The summed E-state index contributed by atoms with van der Waals surface area (Å²) in [5.74, 6) is 0.653. The van der Waals surface area contributed by atoms with E-state index in [9.17, 15) is 5.11 Å². The number of nitrogens with zero attached hydrogens (tertiary/aromatic N) is 3. The highest BCUT2D eigenvalue weighted by molar-refractivity contribution is 6.28. The molecule has 6 nitrogen and oxygen atoms in total. The molecule has 0 radical (unpaired) electrons. The van der Waals surface area contributed by atoms with Crippen molar-refractivity contribution in [3.05, 3.63) is 5.28 Å². The smallest absolute Gasteiger partial charge is 0.322 e. The number of ether oxygens (including phenoxy) is 1. The molecule has 0 aromatic carbocycles. The van der Waals surface area contributed by atoms with E-state index in [0.717, 1.165) is 32.1 Å². The molecule has 0 saturated heterocycles. The van der Waals surface area contributed by atoms with Crippen LogP contribution >= 0.6 is 11.6 Å². The van der Waals surface area contributed by atoms with Gasteiger partial charge in [0.05, 0.1) is 6.61 Å². The predicted octanol–water partition coefficient (Wildman–Crippen LogP) is 2.28. The van der Waals surface area contributed by atoms with Gasteiger partial charge >= 0.3 is 6.01 Å². The topological polar surface area (TPSA) is 80.2 Å². The van der Waals surface area contributed by atoms with Gasteiger partial charge in [0, 0.05) is 18.6 Å². The minimum Gasteiger partial charge on any atom is -0.463 e. The van der Waals surface area contributed by atoms with E-state index < -0.39 is 0 Å². The van der Waals surface area contributed by atoms with Crippen molar-refractivity contribution in [3.8, 4) is 6.01 Å². The predicted molar refractivity (Wildman–Crippen MR) is 77.1 cm³/mol. The molecule has 112 valence electrons. The van der Waals surface area contributed by atoms with Gasteiger partial charge in [0.1, 0.15) is 0 Å². The number of hydrogen-bond acceptors (Lipinski definition) is 6. The minimum atomic E-state index is 0.116. The van der Waals surface area contributed by atoms with Crippen molar-refractivity contribution in [1.29, 1.82) is 0 Å². The lowest BCUT2D eigenvalue weighted by Crippen LogP contribution is -2.35. The number of nitrogens with one attached hydrogen (secondary N) is 1. The van der Waals surface area contributed by atoms with Gasteiger partial charge in [-0.2, -0.15) is 15.0 Å². The molecule has 1 saturated carbocycles. The summed E-state index contributed by atoms with van der Waals surface area (Å²) in [5, 5.41) is 12.8. The van der Waals surface area contributed by atoms with Crippen molar-refractivity contribution in [2.45, 2.75) is 45.1 Å². The van der Waals surface area contributed by atoms with Crippen LogP contribution in [0.2, 0.25) is 5.28 Å². The molecule has 1 aliphatic rings. The molecule has 20 heavy (non-hydrogen) atoms. The largest absolute Gasteiger partial charge is 0.463 e. The van der Waals surface area contributed by atoms with Gasteiger partial charge in [0.15, 0.2) is 0 Å². The number of anilines is 1. The monoisotopic (exact) mass is 300 g/mol. The maximum atomic E-state index is 9.42. The zero-order chi connectivity index (χ0) is 14.4. The Morgan fingerprint density at radius 2 is 2.10 bits per heavy atom. The first-order chi connectivity index (χ1) is 9.72. The summed E-state index contributed by atoms with van der Waals surface area (Å²) in [6.07, 6.45) is 5.20. The van der Waals surface area contributed by atoms with E-state index >= 15 is 0 Å². The number of halogens is 1. The maximum absolute atomic E-state index is 9.42. The van der Waals surface area contributed by atoms with E-state index in [1.165, 1.54) is 0 Å². The Labute approximate surface area is 123 Å². The molecule has 1 aromatic rings. The average molecular weight is 301 g/mol. The number of aromatic nitrogens is 3. The molecule has 2 N–H and O–H groups in total. The van der Waals surface area contributed by atoms with Crippen LogP contribution in [0.1, 0.15) is 39.0 Å². The van der Waals surface area contributed by atoms with Gasteiger partial charge in [-0.25, -0.2) is 0 Å². The Morgan fingerprint density at radius 3 is 2.85 bits per heavy atom. The van der Waals surface area contributed by atoms with Crippen LogP contribution in [0, 0.1) is 5.92 Å². The Balaban J connectivity index is 2.05. The highest BCUT2D eigenvalue weighted by Crippen LogP contribution is 2.26. The molecule has 1 aliphatic carbocycles. The van der Waals surface area contributed by atoms with Crippen molar-refractivity contribution < 1.29 is 9.84 Å². The molecule has 1 heterocycles. The summed E-state index contributed by atoms with van der Waals surface area (Å²) in [5.41, 5.74) is 0. The molecular weight excluding hydrogens is 280 g/mol. The molecule has 0 amide bonds. The molecule has 2 unspecified atom stereocenters. The molecule has 2 atom stereocenters. The van der Waals surface area contributed by atoms with Crippen LogP contribution in [0.4, 0.5) is 5.95 Å². The van der Waals surface area contributed by atoms with Crippen LogP contribution < -0.4 is 10.1 Å². The molecule has 1 fully saturated rings. The molecule has 0 bridgehead atoms. The van der Waals surface area contributed by atoms with Crippen LogP contribution in [0.15, 0.2) is 0 Å². The second-order valence-corrected chi connectivity index (χ2v) is 5.38. The van der Waals surface area contributed by atoms with E-state index in [1.807, 2.05) is 6.92 Å². The number of rotatable bonds is 6. The Bertz CT molecular complexity index is 433. The van der Waals surface area contributed by atoms with Crippen molar-refractivity contribution in [3.63, 3.8) is 0 Å². The zero-order valence-corrected chi connectivity index (χ0v) is 12.4. The summed E-state index contributed by atoms with van der Waals surface area (Å²) in [4.78, 5) is 12.2. The Hall–Kier alpha value is -1.14. The van der Waals surface area contributed by atoms with Gasteiger partial charge in [-0.1, -0.05) is 19.8 Å². The molecular formula is C13H21ClN4O2. The quantitative estimate of drug-likeness (QED) is 0.839. The van der Waals surface area contributed by atoms with Crippen LogP contribution in [0.3, 0.4) is 0 Å². The fourth-order valence-corrected chi connectivity index (χ4v) is 2.59.